The fourth-order valence-electron chi connectivity index (χ4n) is 2.64. The van der Waals surface area contributed by atoms with E-state index in [4.69, 9.17) is 9.47 Å². The summed E-state index contributed by atoms with van der Waals surface area (Å²) in [6, 6.07) is 8.94. The minimum absolute atomic E-state index is 0.0487. The number of anilines is 1. The number of carbonyl (C=O) groups excluding carboxylic acids is 3. The van der Waals surface area contributed by atoms with Crippen molar-refractivity contribution in [3.63, 3.8) is 0 Å². The third-order valence-electron chi connectivity index (χ3n) is 3.90. The van der Waals surface area contributed by atoms with Crippen LogP contribution in [0, 0.1) is 5.82 Å². The monoisotopic (exact) mass is 354 g/mol. The second-order valence-electron chi connectivity index (χ2n) is 5.55. The summed E-state index contributed by atoms with van der Waals surface area (Å²) in [5.41, 5.74) is 0.438. The predicted octanol–water partition coefficient (Wildman–Crippen LogP) is 2.22. The molecule has 0 atom stereocenters. The van der Waals surface area contributed by atoms with E-state index in [0.29, 0.717) is 17.1 Å². The van der Waals surface area contributed by atoms with Crippen molar-refractivity contribution in [2.45, 2.75) is 0 Å². The first-order valence-electron chi connectivity index (χ1n) is 7.59. The lowest BCUT2D eigenvalue weighted by atomic mass is 10.1. The van der Waals surface area contributed by atoms with E-state index in [1.807, 2.05) is 0 Å². The van der Waals surface area contributed by atoms with Gasteiger partial charge in [0.2, 0.25) is 6.79 Å². The van der Waals surface area contributed by atoms with Crippen LogP contribution in [0.1, 0.15) is 5.56 Å². The average molecular weight is 354 g/mol. The van der Waals surface area contributed by atoms with Gasteiger partial charge in [0.15, 0.2) is 11.5 Å². The Bertz CT molecular complexity index is 968. The number of hydrogen-bond donors (Lipinski definition) is 1. The molecule has 0 unspecified atom stereocenters. The number of imide groups is 2. The van der Waals surface area contributed by atoms with E-state index in [-0.39, 0.29) is 18.1 Å². The molecular weight excluding hydrogens is 343 g/mol. The first kappa shape index (κ1) is 15.8. The van der Waals surface area contributed by atoms with Crippen LogP contribution >= 0.6 is 0 Å². The summed E-state index contributed by atoms with van der Waals surface area (Å²) in [5.74, 6) is -1.16. The fourth-order valence-corrected chi connectivity index (χ4v) is 2.64. The Morgan fingerprint density at radius 2 is 1.73 bits per heavy atom. The number of carbonyl (C=O) groups is 3. The van der Waals surface area contributed by atoms with Crippen molar-refractivity contribution in [2.24, 2.45) is 0 Å². The summed E-state index contributed by atoms with van der Waals surface area (Å²) in [5, 5.41) is 2.12. The third-order valence-corrected chi connectivity index (χ3v) is 3.90. The van der Waals surface area contributed by atoms with E-state index < -0.39 is 23.7 Å². The van der Waals surface area contributed by atoms with Crippen LogP contribution in [-0.4, -0.2) is 24.6 Å². The summed E-state index contributed by atoms with van der Waals surface area (Å²) >= 11 is 0. The second-order valence-corrected chi connectivity index (χ2v) is 5.55. The van der Waals surface area contributed by atoms with Crippen LogP contribution in [0.15, 0.2) is 48.0 Å². The molecule has 130 valence electrons. The van der Waals surface area contributed by atoms with Crippen LogP contribution in [0.4, 0.5) is 14.9 Å². The molecule has 1 fully saturated rings. The zero-order valence-electron chi connectivity index (χ0n) is 13.2. The molecule has 0 saturated carbocycles. The van der Waals surface area contributed by atoms with Crippen molar-refractivity contribution >= 4 is 29.6 Å². The zero-order chi connectivity index (χ0) is 18.3. The van der Waals surface area contributed by atoms with Gasteiger partial charge in [-0.1, -0.05) is 12.1 Å². The van der Waals surface area contributed by atoms with Crippen molar-refractivity contribution in [3.8, 4) is 11.5 Å². The maximum atomic E-state index is 13.0. The number of amides is 4. The van der Waals surface area contributed by atoms with Crippen LogP contribution in [0.2, 0.25) is 0 Å². The topological polar surface area (TPSA) is 84.9 Å². The van der Waals surface area contributed by atoms with Gasteiger partial charge in [-0.15, -0.1) is 0 Å². The van der Waals surface area contributed by atoms with Crippen molar-refractivity contribution in [2.75, 3.05) is 11.7 Å². The molecule has 2 aromatic carbocycles. The lowest BCUT2D eigenvalue weighted by Crippen LogP contribution is -2.54. The Balaban J connectivity index is 1.71. The number of rotatable bonds is 2. The number of benzene rings is 2. The smallest absolute Gasteiger partial charge is 0.335 e. The van der Waals surface area contributed by atoms with Gasteiger partial charge in [0, 0.05) is 6.07 Å². The molecule has 8 heteroatoms. The molecule has 4 amide bonds. The zero-order valence-corrected chi connectivity index (χ0v) is 13.2. The van der Waals surface area contributed by atoms with E-state index in [9.17, 15) is 18.8 Å². The first-order valence-corrected chi connectivity index (χ1v) is 7.59. The molecule has 0 spiro atoms. The molecule has 0 aromatic heterocycles. The molecule has 1 saturated heterocycles. The van der Waals surface area contributed by atoms with Gasteiger partial charge in [0.25, 0.3) is 11.8 Å². The SMILES string of the molecule is O=C1NC(=O)N(c2ccc3c(c2)OCO3)C(=O)/C1=C/c1ccc(F)cc1. The number of hydrogen-bond acceptors (Lipinski definition) is 5. The van der Waals surface area contributed by atoms with Gasteiger partial charge >= 0.3 is 6.03 Å². The molecule has 26 heavy (non-hydrogen) atoms. The molecule has 4 rings (SSSR count). The van der Waals surface area contributed by atoms with E-state index in [2.05, 4.69) is 5.32 Å². The molecular formula is C18H11FN2O5. The molecule has 2 aliphatic rings. The Hall–Kier alpha value is -3.68. The van der Waals surface area contributed by atoms with Crippen LogP contribution in [0.25, 0.3) is 6.08 Å². The molecule has 2 aromatic rings. The number of ether oxygens (including phenoxy) is 2. The maximum absolute atomic E-state index is 13.0. The van der Waals surface area contributed by atoms with E-state index in [1.165, 1.54) is 42.5 Å². The highest BCUT2D eigenvalue weighted by atomic mass is 19.1. The van der Waals surface area contributed by atoms with Crippen LogP contribution in [0.5, 0.6) is 11.5 Å². The highest BCUT2D eigenvalue weighted by Gasteiger charge is 2.37. The van der Waals surface area contributed by atoms with Gasteiger partial charge in [0.05, 0.1) is 5.69 Å². The Kier molecular flexibility index (Phi) is 3.65. The lowest BCUT2D eigenvalue weighted by Gasteiger charge is -2.26. The number of fused-ring (bicyclic) bond motifs is 1. The van der Waals surface area contributed by atoms with Crippen molar-refractivity contribution in [3.05, 3.63) is 59.4 Å². The molecule has 0 aliphatic carbocycles. The van der Waals surface area contributed by atoms with Crippen molar-refractivity contribution < 1.29 is 28.2 Å². The van der Waals surface area contributed by atoms with Gasteiger partial charge in [-0.3, -0.25) is 14.9 Å². The summed E-state index contributed by atoms with van der Waals surface area (Å²) in [4.78, 5) is 37.8. The Morgan fingerprint density at radius 3 is 2.50 bits per heavy atom. The molecule has 1 N–H and O–H groups in total. The van der Waals surface area contributed by atoms with Crippen LogP contribution in [-0.2, 0) is 9.59 Å². The van der Waals surface area contributed by atoms with Gasteiger partial charge in [-0.05, 0) is 35.9 Å². The predicted molar refractivity (Wildman–Crippen MR) is 88.0 cm³/mol. The van der Waals surface area contributed by atoms with E-state index >= 15 is 0 Å². The fraction of sp³-hybridized carbons (Fsp3) is 0.0556. The number of nitrogens with one attached hydrogen (secondary N) is 1. The van der Waals surface area contributed by atoms with Crippen molar-refractivity contribution in [1.82, 2.24) is 5.32 Å². The Morgan fingerprint density at radius 1 is 1.00 bits per heavy atom. The van der Waals surface area contributed by atoms with Crippen LogP contribution < -0.4 is 19.7 Å². The number of halogens is 1. The van der Waals surface area contributed by atoms with E-state index in [1.54, 1.807) is 6.07 Å². The minimum atomic E-state index is -0.866. The molecule has 0 radical (unpaired) electrons. The molecule has 2 heterocycles. The summed E-state index contributed by atoms with van der Waals surface area (Å²) in [6.07, 6.45) is 1.30. The van der Waals surface area contributed by atoms with Gasteiger partial charge in [-0.25, -0.2) is 14.1 Å². The summed E-state index contributed by atoms with van der Waals surface area (Å²) in [6.45, 7) is 0.0487. The number of urea groups is 1. The van der Waals surface area contributed by atoms with Gasteiger partial charge in [0.1, 0.15) is 11.4 Å². The van der Waals surface area contributed by atoms with Gasteiger partial charge < -0.3 is 9.47 Å². The largest absolute Gasteiger partial charge is 0.454 e. The molecule has 0 bridgehead atoms. The maximum Gasteiger partial charge on any atom is 0.335 e. The molecule has 7 nitrogen and oxygen atoms in total. The summed E-state index contributed by atoms with van der Waals surface area (Å²) < 4.78 is 23.5. The minimum Gasteiger partial charge on any atom is -0.454 e. The third kappa shape index (κ3) is 2.67. The summed E-state index contributed by atoms with van der Waals surface area (Å²) in [7, 11) is 0. The van der Waals surface area contributed by atoms with Crippen molar-refractivity contribution in [1.29, 1.82) is 0 Å². The second kappa shape index (κ2) is 5.99. The molecule has 2 aliphatic heterocycles. The van der Waals surface area contributed by atoms with Gasteiger partial charge in [-0.2, -0.15) is 0 Å². The highest BCUT2D eigenvalue weighted by molar-refractivity contribution is 6.39. The quantitative estimate of drug-likeness (QED) is 0.660. The van der Waals surface area contributed by atoms with Crippen LogP contribution in [0.3, 0.4) is 0 Å². The van der Waals surface area contributed by atoms with E-state index in [0.717, 1.165) is 4.90 Å². The number of nitrogens with zero attached hydrogens (tertiary/aromatic N) is 1. The first-order chi connectivity index (χ1) is 12.5. The average Bonchev–Trinajstić information content (AvgIpc) is 3.08. The Labute approximate surface area is 146 Å². The lowest BCUT2D eigenvalue weighted by molar-refractivity contribution is -0.122. The number of barbiturate groups is 1. The normalized spacial score (nSPS) is 17.7. The standard InChI is InChI=1S/C18H11FN2O5/c19-11-3-1-10(2-4-11)7-13-16(22)20-18(24)21(17(13)23)12-5-6-14-15(8-12)26-9-25-14/h1-8H,9H2,(H,20,22,24)/b13-7+. The highest BCUT2D eigenvalue weighted by Crippen LogP contribution is 2.36.